The minimum atomic E-state index is 0.644. The molecule has 0 atom stereocenters. The van der Waals surface area contributed by atoms with Crippen molar-refractivity contribution in [1.82, 2.24) is 19.9 Å². The Hall–Kier alpha value is -1.68. The maximum atomic E-state index is 4.32. The number of hydrogen-bond donors (Lipinski definition) is 1. The second-order valence-corrected chi connectivity index (χ2v) is 4.83. The van der Waals surface area contributed by atoms with Crippen molar-refractivity contribution in [2.75, 3.05) is 13.1 Å². The molecule has 1 N–H and O–H groups in total. The van der Waals surface area contributed by atoms with Crippen molar-refractivity contribution < 1.29 is 0 Å². The van der Waals surface area contributed by atoms with Crippen LogP contribution in [0.4, 0.5) is 0 Å². The smallest absolute Gasteiger partial charge is 0.0951 e. The summed E-state index contributed by atoms with van der Waals surface area (Å²) in [6, 6.07) is 4.09. The molecule has 2 aromatic heterocycles. The molecule has 1 aliphatic heterocycles. The van der Waals surface area contributed by atoms with Crippen LogP contribution < -0.4 is 5.32 Å². The van der Waals surface area contributed by atoms with E-state index in [1.54, 1.807) is 0 Å². The highest BCUT2D eigenvalue weighted by atomic mass is 15.1. The minimum Gasteiger partial charge on any atom is -0.330 e. The number of rotatable bonds is 3. The van der Waals surface area contributed by atoms with Gasteiger partial charge in [-0.1, -0.05) is 6.07 Å². The van der Waals surface area contributed by atoms with Crippen LogP contribution in [0, 0.1) is 0 Å². The van der Waals surface area contributed by atoms with Crippen LogP contribution in [0.25, 0.3) is 0 Å². The minimum absolute atomic E-state index is 0.644. The van der Waals surface area contributed by atoms with Crippen molar-refractivity contribution in [3.8, 4) is 0 Å². The van der Waals surface area contributed by atoms with Gasteiger partial charge >= 0.3 is 0 Å². The molecule has 0 aromatic carbocycles. The molecule has 2 aromatic rings. The molecule has 1 aliphatic rings. The van der Waals surface area contributed by atoms with E-state index in [1.807, 2.05) is 31.0 Å². The Balaban J connectivity index is 1.78. The van der Waals surface area contributed by atoms with Crippen LogP contribution in [0.15, 0.2) is 37.1 Å². The summed E-state index contributed by atoms with van der Waals surface area (Å²) in [5.74, 6) is 0.644. The van der Waals surface area contributed by atoms with Crippen molar-refractivity contribution in [1.29, 1.82) is 0 Å². The van der Waals surface area contributed by atoms with Gasteiger partial charge in [-0.05, 0) is 37.6 Å². The summed E-state index contributed by atoms with van der Waals surface area (Å²) in [6.45, 7) is 3.10. The number of piperidine rings is 1. The van der Waals surface area contributed by atoms with Gasteiger partial charge in [0.25, 0.3) is 0 Å². The monoisotopic (exact) mass is 242 g/mol. The lowest BCUT2D eigenvalue weighted by atomic mass is 9.95. The summed E-state index contributed by atoms with van der Waals surface area (Å²) in [5, 5.41) is 3.41. The van der Waals surface area contributed by atoms with E-state index in [9.17, 15) is 0 Å². The lowest BCUT2D eigenvalue weighted by Crippen LogP contribution is -2.27. The zero-order chi connectivity index (χ0) is 12.2. The highest BCUT2D eigenvalue weighted by Gasteiger charge is 2.18. The summed E-state index contributed by atoms with van der Waals surface area (Å²) >= 11 is 0. The van der Waals surface area contributed by atoms with Crippen LogP contribution in [0.5, 0.6) is 0 Å². The van der Waals surface area contributed by atoms with E-state index >= 15 is 0 Å². The average molecular weight is 242 g/mol. The van der Waals surface area contributed by atoms with Crippen molar-refractivity contribution >= 4 is 0 Å². The van der Waals surface area contributed by atoms with Crippen LogP contribution >= 0.6 is 0 Å². The van der Waals surface area contributed by atoms with Crippen molar-refractivity contribution in [3.05, 3.63) is 48.3 Å². The number of hydrogen-bond acceptors (Lipinski definition) is 3. The molecule has 18 heavy (non-hydrogen) atoms. The van der Waals surface area contributed by atoms with E-state index in [2.05, 4.69) is 25.9 Å². The molecule has 94 valence electrons. The van der Waals surface area contributed by atoms with Gasteiger partial charge < -0.3 is 9.88 Å². The molecule has 0 aliphatic carbocycles. The van der Waals surface area contributed by atoms with Gasteiger partial charge in [0.1, 0.15) is 0 Å². The van der Waals surface area contributed by atoms with Crippen LogP contribution in [-0.2, 0) is 6.54 Å². The topological polar surface area (TPSA) is 42.7 Å². The van der Waals surface area contributed by atoms with Crippen LogP contribution in [-0.4, -0.2) is 27.6 Å². The number of nitrogens with one attached hydrogen (secondary N) is 1. The van der Waals surface area contributed by atoms with E-state index in [1.165, 1.54) is 24.1 Å². The van der Waals surface area contributed by atoms with Gasteiger partial charge in [0.05, 0.1) is 12.9 Å². The normalized spacial score (nSPS) is 16.9. The third-order valence-corrected chi connectivity index (χ3v) is 3.58. The highest BCUT2D eigenvalue weighted by molar-refractivity contribution is 5.14. The third kappa shape index (κ3) is 2.43. The van der Waals surface area contributed by atoms with Gasteiger partial charge in [0.2, 0.25) is 0 Å². The second-order valence-electron chi connectivity index (χ2n) is 4.83. The summed E-state index contributed by atoms with van der Waals surface area (Å²) in [4.78, 5) is 8.48. The number of imidazole rings is 1. The molecule has 3 rings (SSSR count). The molecule has 0 spiro atoms. The van der Waals surface area contributed by atoms with Gasteiger partial charge in [-0.3, -0.25) is 4.98 Å². The Morgan fingerprint density at radius 2 is 2.11 bits per heavy atom. The predicted molar refractivity (Wildman–Crippen MR) is 70.4 cm³/mol. The average Bonchev–Trinajstić information content (AvgIpc) is 2.89. The zero-order valence-corrected chi connectivity index (χ0v) is 10.4. The Morgan fingerprint density at radius 3 is 2.89 bits per heavy atom. The molecule has 1 fully saturated rings. The Labute approximate surface area is 107 Å². The Bertz CT molecular complexity index is 486. The quantitative estimate of drug-likeness (QED) is 0.892. The predicted octanol–water partition coefficient (Wildman–Crippen LogP) is 1.79. The first-order chi connectivity index (χ1) is 8.93. The van der Waals surface area contributed by atoms with E-state index in [0.717, 1.165) is 19.6 Å². The second kappa shape index (κ2) is 5.31. The molecule has 0 bridgehead atoms. The molecule has 4 heteroatoms. The maximum absolute atomic E-state index is 4.32. The molecular weight excluding hydrogens is 224 g/mol. The molecule has 0 radical (unpaired) electrons. The summed E-state index contributed by atoms with van der Waals surface area (Å²) in [7, 11) is 0. The van der Waals surface area contributed by atoms with Crippen LogP contribution in [0.1, 0.15) is 30.0 Å². The number of nitrogens with zero attached hydrogens (tertiary/aromatic N) is 3. The van der Waals surface area contributed by atoms with Crippen LogP contribution in [0.2, 0.25) is 0 Å². The maximum Gasteiger partial charge on any atom is 0.0951 e. The molecule has 0 unspecified atom stereocenters. The first-order valence-corrected chi connectivity index (χ1v) is 6.53. The summed E-state index contributed by atoms with van der Waals surface area (Å²) in [6.07, 6.45) is 10.1. The van der Waals surface area contributed by atoms with Gasteiger partial charge in [0.15, 0.2) is 0 Å². The van der Waals surface area contributed by atoms with E-state index < -0.39 is 0 Å². The van der Waals surface area contributed by atoms with E-state index in [4.69, 9.17) is 0 Å². The molecule has 1 saturated heterocycles. The SMILES string of the molecule is c1cncc(Cn2cncc2C2CCNCC2)c1. The largest absolute Gasteiger partial charge is 0.330 e. The molecule has 4 nitrogen and oxygen atoms in total. The first-order valence-electron chi connectivity index (χ1n) is 6.53. The third-order valence-electron chi connectivity index (χ3n) is 3.58. The first kappa shape index (κ1) is 11.4. The fourth-order valence-corrected chi connectivity index (χ4v) is 2.61. The van der Waals surface area contributed by atoms with Gasteiger partial charge in [-0.2, -0.15) is 0 Å². The standard InChI is InChI=1S/C14H18N4/c1-2-12(8-16-5-1)10-18-11-17-9-14(18)13-3-6-15-7-4-13/h1-2,5,8-9,11,13,15H,3-4,6-7,10H2. The lowest BCUT2D eigenvalue weighted by molar-refractivity contribution is 0.442. The van der Waals surface area contributed by atoms with Crippen LogP contribution in [0.3, 0.4) is 0 Å². The zero-order valence-electron chi connectivity index (χ0n) is 10.4. The number of aromatic nitrogens is 3. The summed E-state index contributed by atoms with van der Waals surface area (Å²) in [5.41, 5.74) is 2.59. The van der Waals surface area contributed by atoms with Gasteiger partial charge in [-0.25, -0.2) is 4.98 Å². The highest BCUT2D eigenvalue weighted by Crippen LogP contribution is 2.25. The summed E-state index contributed by atoms with van der Waals surface area (Å²) < 4.78 is 2.26. The fraction of sp³-hybridized carbons (Fsp3) is 0.429. The van der Waals surface area contributed by atoms with E-state index in [-0.39, 0.29) is 0 Å². The number of pyridine rings is 1. The van der Waals surface area contributed by atoms with Crippen molar-refractivity contribution in [2.45, 2.75) is 25.3 Å². The van der Waals surface area contributed by atoms with Gasteiger partial charge in [-0.15, -0.1) is 0 Å². The van der Waals surface area contributed by atoms with Crippen molar-refractivity contribution in [2.24, 2.45) is 0 Å². The molecule has 0 saturated carbocycles. The molecule has 3 heterocycles. The lowest BCUT2D eigenvalue weighted by Gasteiger charge is -2.23. The molecule has 0 amide bonds. The van der Waals surface area contributed by atoms with Gasteiger partial charge in [0, 0.05) is 30.2 Å². The fourth-order valence-electron chi connectivity index (χ4n) is 2.61. The van der Waals surface area contributed by atoms with E-state index in [0.29, 0.717) is 5.92 Å². The van der Waals surface area contributed by atoms with Crippen molar-refractivity contribution in [3.63, 3.8) is 0 Å². The molecular formula is C14H18N4. The Morgan fingerprint density at radius 1 is 1.22 bits per heavy atom. The Kier molecular flexibility index (Phi) is 3.37.